The molecular weight excluding hydrogens is 280 g/mol. The van der Waals surface area contributed by atoms with Crippen molar-refractivity contribution in [3.63, 3.8) is 0 Å². The zero-order valence-corrected chi connectivity index (χ0v) is 11.5. The van der Waals surface area contributed by atoms with Gasteiger partial charge in [0.1, 0.15) is 5.82 Å². The summed E-state index contributed by atoms with van der Waals surface area (Å²) in [4.78, 5) is 4.27. The number of aromatic nitrogens is 3. The second-order valence-electron chi connectivity index (χ2n) is 3.82. The van der Waals surface area contributed by atoms with Gasteiger partial charge in [-0.2, -0.15) is 5.10 Å². The van der Waals surface area contributed by atoms with E-state index in [9.17, 15) is 0 Å². The van der Waals surface area contributed by atoms with Gasteiger partial charge < -0.3 is 5.32 Å². The van der Waals surface area contributed by atoms with Crippen LogP contribution in [0.3, 0.4) is 0 Å². The van der Waals surface area contributed by atoms with E-state index in [0.717, 1.165) is 29.0 Å². The van der Waals surface area contributed by atoms with Gasteiger partial charge in [0.05, 0.1) is 10.2 Å². The number of hydrogen-bond acceptors (Lipinski definition) is 3. The third kappa shape index (κ3) is 2.85. The van der Waals surface area contributed by atoms with E-state index in [1.165, 1.54) is 5.56 Å². The molecule has 2 aromatic rings. The van der Waals surface area contributed by atoms with Crippen molar-refractivity contribution < 1.29 is 0 Å². The van der Waals surface area contributed by atoms with Gasteiger partial charge in [-0.05, 0) is 34.5 Å². The van der Waals surface area contributed by atoms with Gasteiger partial charge in [0.2, 0.25) is 0 Å². The highest BCUT2D eigenvalue weighted by Crippen LogP contribution is 2.19. The Labute approximate surface area is 109 Å². The Balaban J connectivity index is 2.09. The van der Waals surface area contributed by atoms with Crippen LogP contribution in [0.4, 0.5) is 5.82 Å². The molecule has 2 heterocycles. The van der Waals surface area contributed by atoms with Crippen LogP contribution in [0.5, 0.6) is 0 Å². The fraction of sp³-hybridized carbons (Fsp3) is 0.333. The predicted molar refractivity (Wildman–Crippen MR) is 71.8 cm³/mol. The van der Waals surface area contributed by atoms with Gasteiger partial charge in [-0.1, -0.05) is 6.92 Å². The van der Waals surface area contributed by atoms with Crippen molar-refractivity contribution in [1.82, 2.24) is 14.8 Å². The highest BCUT2D eigenvalue weighted by Gasteiger charge is 2.06. The van der Waals surface area contributed by atoms with E-state index >= 15 is 0 Å². The number of halogens is 1. The largest absolute Gasteiger partial charge is 0.365 e. The van der Waals surface area contributed by atoms with Crippen LogP contribution in [0.2, 0.25) is 0 Å². The summed E-state index contributed by atoms with van der Waals surface area (Å²) in [6.45, 7) is 2.86. The first-order valence-corrected chi connectivity index (χ1v) is 6.35. The first-order chi connectivity index (χ1) is 8.20. The molecular formula is C12H15BrN4. The number of pyridine rings is 1. The zero-order chi connectivity index (χ0) is 12.3. The minimum atomic E-state index is 0.743. The number of anilines is 1. The Bertz CT molecular complexity index is 507. The zero-order valence-electron chi connectivity index (χ0n) is 9.94. The highest BCUT2D eigenvalue weighted by atomic mass is 79.9. The average Bonchev–Trinajstić information content (AvgIpc) is 2.69. The minimum Gasteiger partial charge on any atom is -0.365 e. The molecule has 0 aromatic carbocycles. The fourth-order valence-electron chi connectivity index (χ4n) is 1.72. The molecule has 90 valence electrons. The molecule has 0 spiro atoms. The summed E-state index contributed by atoms with van der Waals surface area (Å²) in [6, 6.07) is 3.87. The Kier molecular flexibility index (Phi) is 3.78. The van der Waals surface area contributed by atoms with E-state index in [1.807, 2.05) is 30.1 Å². The van der Waals surface area contributed by atoms with Crippen LogP contribution < -0.4 is 5.32 Å². The number of hydrogen-bond donors (Lipinski definition) is 1. The molecule has 0 fully saturated rings. The average molecular weight is 295 g/mol. The maximum absolute atomic E-state index is 4.41. The third-order valence-corrected chi connectivity index (χ3v) is 3.17. The van der Waals surface area contributed by atoms with Crippen molar-refractivity contribution in [3.05, 3.63) is 40.3 Å². The van der Waals surface area contributed by atoms with Gasteiger partial charge in [-0.3, -0.25) is 4.68 Å². The molecule has 2 aromatic heterocycles. The number of nitrogens with one attached hydrogen (secondary N) is 1. The summed E-state index contributed by atoms with van der Waals surface area (Å²) < 4.78 is 2.82. The van der Waals surface area contributed by atoms with Crippen molar-refractivity contribution >= 4 is 21.7 Å². The first kappa shape index (κ1) is 12.1. The summed E-state index contributed by atoms with van der Waals surface area (Å²) in [6.07, 6.45) is 4.76. The molecule has 4 nitrogen and oxygen atoms in total. The maximum atomic E-state index is 4.41. The Morgan fingerprint density at radius 1 is 1.47 bits per heavy atom. The van der Waals surface area contributed by atoms with Gasteiger partial charge >= 0.3 is 0 Å². The van der Waals surface area contributed by atoms with Crippen molar-refractivity contribution in [1.29, 1.82) is 0 Å². The van der Waals surface area contributed by atoms with E-state index in [2.05, 4.69) is 38.3 Å². The lowest BCUT2D eigenvalue weighted by Crippen LogP contribution is -2.03. The lowest BCUT2D eigenvalue weighted by molar-refractivity contribution is 0.746. The van der Waals surface area contributed by atoms with Crippen molar-refractivity contribution in [2.24, 2.45) is 7.05 Å². The second kappa shape index (κ2) is 5.31. The Morgan fingerprint density at radius 2 is 2.29 bits per heavy atom. The van der Waals surface area contributed by atoms with E-state index in [-0.39, 0.29) is 0 Å². The molecule has 0 amide bonds. The summed E-state index contributed by atoms with van der Waals surface area (Å²) in [5.41, 5.74) is 2.35. The molecule has 0 aliphatic rings. The minimum absolute atomic E-state index is 0.743. The van der Waals surface area contributed by atoms with Gasteiger partial charge in [-0.15, -0.1) is 0 Å². The molecule has 1 N–H and O–H groups in total. The highest BCUT2D eigenvalue weighted by molar-refractivity contribution is 9.10. The van der Waals surface area contributed by atoms with Crippen LogP contribution in [0, 0.1) is 0 Å². The van der Waals surface area contributed by atoms with Gasteiger partial charge in [0, 0.05) is 31.5 Å². The standard InChI is InChI=1S/C12H15BrN4/c1-3-11-9(8-17(2)16-11)7-15-12-10(13)5-4-6-14-12/h4-6,8H,3,7H2,1-2H3,(H,14,15). The van der Waals surface area contributed by atoms with Crippen molar-refractivity contribution in [2.45, 2.75) is 19.9 Å². The predicted octanol–water partition coefficient (Wildman–Crippen LogP) is 2.75. The maximum Gasteiger partial charge on any atom is 0.140 e. The lowest BCUT2D eigenvalue weighted by atomic mass is 10.2. The third-order valence-electron chi connectivity index (χ3n) is 2.53. The molecule has 0 atom stereocenters. The second-order valence-corrected chi connectivity index (χ2v) is 4.67. The van der Waals surface area contributed by atoms with Crippen LogP contribution in [0.25, 0.3) is 0 Å². The molecule has 0 saturated carbocycles. The molecule has 0 bridgehead atoms. The monoisotopic (exact) mass is 294 g/mol. The quantitative estimate of drug-likeness (QED) is 0.943. The smallest absolute Gasteiger partial charge is 0.140 e. The van der Waals surface area contributed by atoms with Gasteiger partial charge in [-0.25, -0.2) is 4.98 Å². The van der Waals surface area contributed by atoms with Gasteiger partial charge in [0.25, 0.3) is 0 Å². The molecule has 0 unspecified atom stereocenters. The first-order valence-electron chi connectivity index (χ1n) is 5.56. The molecule has 0 radical (unpaired) electrons. The normalized spacial score (nSPS) is 10.5. The molecule has 0 saturated heterocycles. The molecule has 0 aliphatic heterocycles. The van der Waals surface area contributed by atoms with Crippen LogP contribution >= 0.6 is 15.9 Å². The van der Waals surface area contributed by atoms with E-state index in [4.69, 9.17) is 0 Å². The van der Waals surface area contributed by atoms with Crippen molar-refractivity contribution in [3.8, 4) is 0 Å². The van der Waals surface area contributed by atoms with E-state index in [0.29, 0.717) is 0 Å². The molecule has 2 rings (SSSR count). The van der Waals surface area contributed by atoms with Crippen molar-refractivity contribution in [2.75, 3.05) is 5.32 Å². The van der Waals surface area contributed by atoms with Crippen LogP contribution in [0.15, 0.2) is 29.0 Å². The number of aryl methyl sites for hydroxylation is 2. The van der Waals surface area contributed by atoms with E-state index < -0.39 is 0 Å². The van der Waals surface area contributed by atoms with E-state index in [1.54, 1.807) is 6.20 Å². The van der Waals surface area contributed by atoms with Gasteiger partial charge in [0.15, 0.2) is 0 Å². The summed E-state index contributed by atoms with van der Waals surface area (Å²) in [7, 11) is 1.94. The topological polar surface area (TPSA) is 42.7 Å². The fourth-order valence-corrected chi connectivity index (χ4v) is 2.12. The molecule has 17 heavy (non-hydrogen) atoms. The van der Waals surface area contributed by atoms with Crippen LogP contribution in [-0.4, -0.2) is 14.8 Å². The summed E-state index contributed by atoms with van der Waals surface area (Å²) >= 11 is 3.46. The number of nitrogens with zero attached hydrogens (tertiary/aromatic N) is 3. The Hall–Kier alpha value is -1.36. The number of rotatable bonds is 4. The SMILES string of the molecule is CCc1nn(C)cc1CNc1ncccc1Br. The van der Waals surface area contributed by atoms with Crippen LogP contribution in [-0.2, 0) is 20.0 Å². The molecule has 5 heteroatoms. The van der Waals surface area contributed by atoms with Crippen LogP contribution in [0.1, 0.15) is 18.2 Å². The summed E-state index contributed by atoms with van der Waals surface area (Å²) in [5, 5.41) is 7.71. The summed E-state index contributed by atoms with van der Waals surface area (Å²) in [5.74, 6) is 0.860. The molecule has 0 aliphatic carbocycles. The lowest BCUT2D eigenvalue weighted by Gasteiger charge is -2.06. The Morgan fingerprint density at radius 3 is 3.00 bits per heavy atom.